The maximum atomic E-state index is 5.55. The lowest BCUT2D eigenvalue weighted by Gasteiger charge is -2.01. The topological polar surface area (TPSA) is 90.5 Å². The molecule has 2 rings (SSSR count). The number of hydrogen-bond acceptors (Lipinski definition) is 7. The van der Waals surface area contributed by atoms with Crippen molar-refractivity contribution in [2.24, 2.45) is 0 Å². The van der Waals surface area contributed by atoms with Crippen LogP contribution in [0.25, 0.3) is 11.5 Å². The van der Waals surface area contributed by atoms with Crippen molar-refractivity contribution in [3.63, 3.8) is 0 Å². The molecule has 6 nitrogen and oxygen atoms in total. The lowest BCUT2D eigenvalue weighted by molar-refractivity contribution is 0.919. The summed E-state index contributed by atoms with van der Waals surface area (Å²) in [5.74, 6) is 0.634. The Balaban J connectivity index is 2.49. The zero-order chi connectivity index (χ0) is 10.7. The van der Waals surface area contributed by atoms with Crippen molar-refractivity contribution in [1.82, 2.24) is 24.9 Å². The van der Waals surface area contributed by atoms with Gasteiger partial charge in [0.15, 0.2) is 11.0 Å². The Kier molecular flexibility index (Phi) is 2.72. The van der Waals surface area contributed by atoms with Crippen LogP contribution in [0.4, 0.5) is 5.95 Å². The molecule has 2 N–H and O–H groups in total. The molecular formula is C8H8N6S. The number of thioether (sulfide) groups is 1. The summed E-state index contributed by atoms with van der Waals surface area (Å²) in [6.07, 6.45) is 6.62. The van der Waals surface area contributed by atoms with Crippen LogP contribution in [0.15, 0.2) is 23.7 Å². The molecule has 7 heteroatoms. The normalized spacial score (nSPS) is 10.2. The first-order valence-electron chi connectivity index (χ1n) is 4.11. The monoisotopic (exact) mass is 220 g/mol. The number of aromatic nitrogens is 5. The van der Waals surface area contributed by atoms with E-state index in [0.717, 1.165) is 0 Å². The predicted molar refractivity (Wildman–Crippen MR) is 57.0 cm³/mol. The standard InChI is InChI=1S/C8H8N6S/c1-15-8-13-6(12-7(9)14-8)5-4-10-2-3-11-5/h2-4H,1H3,(H2,9,12,13,14). The Hall–Kier alpha value is -1.76. The molecule has 0 aliphatic carbocycles. The fourth-order valence-electron chi connectivity index (χ4n) is 0.992. The van der Waals surface area contributed by atoms with Crippen molar-refractivity contribution >= 4 is 17.7 Å². The lowest BCUT2D eigenvalue weighted by Crippen LogP contribution is -2.02. The minimum atomic E-state index is 0.190. The van der Waals surface area contributed by atoms with Gasteiger partial charge in [-0.05, 0) is 6.26 Å². The molecule has 76 valence electrons. The van der Waals surface area contributed by atoms with Crippen LogP contribution in [0.2, 0.25) is 0 Å². The van der Waals surface area contributed by atoms with Crippen molar-refractivity contribution < 1.29 is 0 Å². The molecular weight excluding hydrogens is 212 g/mol. The van der Waals surface area contributed by atoms with E-state index in [1.807, 2.05) is 6.26 Å². The first-order chi connectivity index (χ1) is 7.29. The molecule has 0 radical (unpaired) electrons. The van der Waals surface area contributed by atoms with Crippen LogP contribution >= 0.6 is 11.8 Å². The summed E-state index contributed by atoms with van der Waals surface area (Å²) < 4.78 is 0. The highest BCUT2D eigenvalue weighted by atomic mass is 32.2. The van der Waals surface area contributed by atoms with Gasteiger partial charge in [0.05, 0.1) is 6.20 Å². The van der Waals surface area contributed by atoms with Gasteiger partial charge in [-0.3, -0.25) is 4.98 Å². The number of hydrogen-bond donors (Lipinski definition) is 1. The number of nitrogens with zero attached hydrogens (tertiary/aromatic N) is 5. The van der Waals surface area contributed by atoms with Gasteiger partial charge in [-0.15, -0.1) is 0 Å². The highest BCUT2D eigenvalue weighted by Gasteiger charge is 2.06. The Bertz CT molecular complexity index is 460. The first-order valence-corrected chi connectivity index (χ1v) is 5.34. The third-order valence-corrected chi connectivity index (χ3v) is 2.15. The summed E-state index contributed by atoms with van der Waals surface area (Å²) in [6, 6.07) is 0. The zero-order valence-electron chi connectivity index (χ0n) is 7.95. The van der Waals surface area contributed by atoms with Gasteiger partial charge in [0.1, 0.15) is 5.69 Å². The van der Waals surface area contributed by atoms with E-state index in [9.17, 15) is 0 Å². The first kappa shape index (κ1) is 9.78. The molecule has 0 fully saturated rings. The highest BCUT2D eigenvalue weighted by molar-refractivity contribution is 7.98. The molecule has 0 unspecified atom stereocenters. The fraction of sp³-hybridized carbons (Fsp3) is 0.125. The van der Waals surface area contributed by atoms with E-state index >= 15 is 0 Å². The Morgan fingerprint density at radius 2 is 2.07 bits per heavy atom. The zero-order valence-corrected chi connectivity index (χ0v) is 8.77. The largest absolute Gasteiger partial charge is 0.368 e. The van der Waals surface area contributed by atoms with Crippen LogP contribution in [-0.2, 0) is 0 Å². The van der Waals surface area contributed by atoms with Gasteiger partial charge >= 0.3 is 0 Å². The Morgan fingerprint density at radius 3 is 2.73 bits per heavy atom. The fourth-order valence-corrected chi connectivity index (χ4v) is 1.36. The van der Waals surface area contributed by atoms with Crippen molar-refractivity contribution in [3.8, 4) is 11.5 Å². The maximum absolute atomic E-state index is 5.55. The average molecular weight is 220 g/mol. The van der Waals surface area contributed by atoms with Gasteiger partial charge in [0.25, 0.3) is 0 Å². The number of anilines is 1. The molecule has 0 atom stereocenters. The molecule has 0 aliphatic rings. The highest BCUT2D eigenvalue weighted by Crippen LogP contribution is 2.15. The van der Waals surface area contributed by atoms with Gasteiger partial charge in [0, 0.05) is 12.4 Å². The van der Waals surface area contributed by atoms with Crippen molar-refractivity contribution in [3.05, 3.63) is 18.6 Å². The summed E-state index contributed by atoms with van der Waals surface area (Å²) >= 11 is 1.40. The van der Waals surface area contributed by atoms with E-state index in [-0.39, 0.29) is 5.95 Å². The molecule has 0 aliphatic heterocycles. The molecule has 0 saturated heterocycles. The third-order valence-electron chi connectivity index (χ3n) is 1.61. The Labute approximate surface area is 90.4 Å². The van der Waals surface area contributed by atoms with Gasteiger partial charge in [-0.1, -0.05) is 11.8 Å². The van der Waals surface area contributed by atoms with E-state index in [0.29, 0.717) is 16.7 Å². The van der Waals surface area contributed by atoms with Crippen LogP contribution in [0.5, 0.6) is 0 Å². The molecule has 2 heterocycles. The number of nitrogen functional groups attached to an aromatic ring is 1. The smallest absolute Gasteiger partial charge is 0.224 e. The third kappa shape index (κ3) is 2.18. The van der Waals surface area contributed by atoms with E-state index in [1.165, 1.54) is 11.8 Å². The number of rotatable bonds is 2. The van der Waals surface area contributed by atoms with Crippen molar-refractivity contribution in [2.45, 2.75) is 5.16 Å². The molecule has 0 aromatic carbocycles. The summed E-state index contributed by atoms with van der Waals surface area (Å²) in [5, 5.41) is 0.572. The summed E-state index contributed by atoms with van der Waals surface area (Å²) in [5.41, 5.74) is 6.13. The molecule has 0 amide bonds. The van der Waals surface area contributed by atoms with Gasteiger partial charge in [-0.2, -0.15) is 9.97 Å². The van der Waals surface area contributed by atoms with Crippen LogP contribution < -0.4 is 5.73 Å². The average Bonchev–Trinajstić information content (AvgIpc) is 2.29. The molecule has 2 aromatic rings. The van der Waals surface area contributed by atoms with Crippen LogP contribution in [-0.4, -0.2) is 31.2 Å². The van der Waals surface area contributed by atoms with Crippen molar-refractivity contribution in [1.29, 1.82) is 0 Å². The van der Waals surface area contributed by atoms with E-state index in [1.54, 1.807) is 18.6 Å². The van der Waals surface area contributed by atoms with Gasteiger partial charge in [-0.25, -0.2) is 9.97 Å². The predicted octanol–water partition coefficient (Wildman–Crippen LogP) is 0.633. The quantitative estimate of drug-likeness (QED) is 0.742. The second-order valence-electron chi connectivity index (χ2n) is 2.59. The second-order valence-corrected chi connectivity index (χ2v) is 3.37. The summed E-state index contributed by atoms with van der Waals surface area (Å²) in [7, 11) is 0. The Morgan fingerprint density at radius 1 is 1.20 bits per heavy atom. The van der Waals surface area contributed by atoms with Crippen LogP contribution in [0.3, 0.4) is 0 Å². The van der Waals surface area contributed by atoms with Gasteiger partial charge < -0.3 is 5.73 Å². The maximum Gasteiger partial charge on any atom is 0.224 e. The van der Waals surface area contributed by atoms with Gasteiger partial charge in [0.2, 0.25) is 5.95 Å². The van der Waals surface area contributed by atoms with E-state index in [4.69, 9.17) is 5.73 Å². The van der Waals surface area contributed by atoms with Crippen molar-refractivity contribution in [2.75, 3.05) is 12.0 Å². The summed E-state index contributed by atoms with van der Waals surface area (Å²) in [4.78, 5) is 20.1. The van der Waals surface area contributed by atoms with E-state index in [2.05, 4.69) is 24.9 Å². The van der Waals surface area contributed by atoms with Crippen LogP contribution in [0, 0.1) is 0 Å². The second kappa shape index (κ2) is 4.18. The molecule has 15 heavy (non-hydrogen) atoms. The molecule has 0 spiro atoms. The summed E-state index contributed by atoms with van der Waals surface area (Å²) in [6.45, 7) is 0. The molecule has 0 bridgehead atoms. The van der Waals surface area contributed by atoms with Crippen LogP contribution in [0.1, 0.15) is 0 Å². The molecule has 0 saturated carbocycles. The SMILES string of the molecule is CSc1nc(N)nc(-c2cnccn2)n1. The number of nitrogens with two attached hydrogens (primary N) is 1. The minimum Gasteiger partial charge on any atom is -0.368 e. The van der Waals surface area contributed by atoms with E-state index < -0.39 is 0 Å². The lowest BCUT2D eigenvalue weighted by atomic mass is 10.4. The molecule has 2 aromatic heterocycles. The minimum absolute atomic E-state index is 0.190.